The van der Waals surface area contributed by atoms with E-state index in [1.54, 1.807) is 24.3 Å². The van der Waals surface area contributed by atoms with E-state index in [0.717, 1.165) is 0 Å². The van der Waals surface area contributed by atoms with Crippen molar-refractivity contribution in [2.24, 2.45) is 5.10 Å². The molecule has 0 radical (unpaired) electrons. The minimum absolute atomic E-state index is 0.329. The molecule has 0 fully saturated rings. The first-order valence-corrected chi connectivity index (χ1v) is 7.48. The lowest BCUT2D eigenvalue weighted by Crippen LogP contribution is -2.10. The average Bonchev–Trinajstić information content (AvgIpc) is 2.48. The van der Waals surface area contributed by atoms with Crippen LogP contribution in [-0.2, 0) is 4.79 Å². The van der Waals surface area contributed by atoms with E-state index in [4.69, 9.17) is 44.6 Å². The zero-order valence-electron chi connectivity index (χ0n) is 11.6. The van der Waals surface area contributed by atoms with Crippen molar-refractivity contribution in [3.63, 3.8) is 0 Å². The number of hydrogen-bond acceptors (Lipinski definition) is 4. The molecule has 0 aliphatic heterocycles. The number of hydrazone groups is 1. The summed E-state index contributed by atoms with van der Waals surface area (Å²) in [4.78, 5) is 10.6. The first kappa shape index (κ1) is 17.4. The number of aliphatic carboxylic acids is 1. The van der Waals surface area contributed by atoms with Crippen LogP contribution in [0.2, 0.25) is 15.1 Å². The van der Waals surface area contributed by atoms with E-state index >= 15 is 0 Å². The van der Waals surface area contributed by atoms with Crippen LogP contribution in [0.3, 0.4) is 0 Å². The average molecular weight is 374 g/mol. The van der Waals surface area contributed by atoms with Crippen molar-refractivity contribution < 1.29 is 14.6 Å². The summed E-state index contributed by atoms with van der Waals surface area (Å²) < 4.78 is 5.18. The Bertz CT molecular complexity index is 727. The molecule has 0 unspecified atom stereocenters. The van der Waals surface area contributed by atoms with Gasteiger partial charge in [0.15, 0.2) is 6.61 Å². The second-order valence-corrected chi connectivity index (χ2v) is 5.59. The number of anilines is 1. The van der Waals surface area contributed by atoms with Crippen molar-refractivity contribution >= 4 is 52.7 Å². The standard InChI is InChI=1S/C15H11Cl3N2O3/c16-10-5-11(17)15(12(18)6-10)20-19-7-9-3-1-2-4-13(9)23-8-14(21)22/h1-7,20H,8H2,(H,21,22)/b19-7+. The molecule has 0 bridgehead atoms. The van der Waals surface area contributed by atoms with E-state index in [2.05, 4.69) is 10.5 Å². The fourth-order valence-electron chi connectivity index (χ4n) is 1.67. The van der Waals surface area contributed by atoms with E-state index in [-0.39, 0.29) is 0 Å². The number of nitrogens with zero attached hydrogens (tertiary/aromatic N) is 1. The summed E-state index contributed by atoms with van der Waals surface area (Å²) in [7, 11) is 0. The van der Waals surface area contributed by atoms with Crippen molar-refractivity contribution in [2.45, 2.75) is 0 Å². The van der Waals surface area contributed by atoms with Crippen LogP contribution in [0.5, 0.6) is 5.75 Å². The van der Waals surface area contributed by atoms with Gasteiger partial charge in [-0.05, 0) is 24.3 Å². The highest BCUT2D eigenvalue weighted by Crippen LogP contribution is 2.33. The zero-order chi connectivity index (χ0) is 16.8. The Morgan fingerprint density at radius 1 is 1.22 bits per heavy atom. The number of para-hydroxylation sites is 1. The predicted octanol–water partition coefficient (Wildman–Crippen LogP) is 4.56. The largest absolute Gasteiger partial charge is 0.481 e. The Hall–Kier alpha value is -1.95. The molecule has 2 rings (SSSR count). The van der Waals surface area contributed by atoms with Gasteiger partial charge in [-0.2, -0.15) is 5.10 Å². The van der Waals surface area contributed by atoms with Crippen LogP contribution in [-0.4, -0.2) is 23.9 Å². The van der Waals surface area contributed by atoms with Gasteiger partial charge in [-0.1, -0.05) is 46.9 Å². The summed E-state index contributed by atoms with van der Waals surface area (Å²) in [6.07, 6.45) is 1.47. The maximum atomic E-state index is 10.6. The number of halogens is 3. The molecule has 0 atom stereocenters. The van der Waals surface area contributed by atoms with Gasteiger partial charge >= 0.3 is 5.97 Å². The zero-order valence-corrected chi connectivity index (χ0v) is 13.9. The molecule has 120 valence electrons. The topological polar surface area (TPSA) is 70.9 Å². The van der Waals surface area contributed by atoms with E-state index in [9.17, 15) is 4.79 Å². The van der Waals surface area contributed by atoms with Gasteiger partial charge in [-0.15, -0.1) is 0 Å². The lowest BCUT2D eigenvalue weighted by atomic mass is 10.2. The molecule has 0 aliphatic rings. The minimum Gasteiger partial charge on any atom is -0.481 e. The summed E-state index contributed by atoms with van der Waals surface area (Å²) in [5, 5.41) is 13.8. The van der Waals surface area contributed by atoms with E-state index in [0.29, 0.717) is 32.1 Å². The molecule has 8 heteroatoms. The van der Waals surface area contributed by atoms with Crippen molar-refractivity contribution in [3.8, 4) is 5.75 Å². The molecular formula is C15H11Cl3N2O3. The quantitative estimate of drug-likeness (QED) is 0.575. The van der Waals surface area contributed by atoms with Crippen LogP contribution >= 0.6 is 34.8 Å². The molecule has 0 amide bonds. The first-order chi connectivity index (χ1) is 11.0. The molecule has 0 aliphatic carbocycles. The van der Waals surface area contributed by atoms with Crippen molar-refractivity contribution in [1.29, 1.82) is 0 Å². The van der Waals surface area contributed by atoms with Gasteiger partial charge in [0, 0.05) is 10.6 Å². The molecule has 0 heterocycles. The van der Waals surface area contributed by atoms with Gasteiger partial charge in [0.05, 0.1) is 21.9 Å². The number of benzene rings is 2. The summed E-state index contributed by atoms with van der Waals surface area (Å²) >= 11 is 17.9. The number of carboxylic acid groups (broad SMARTS) is 1. The Kier molecular flexibility index (Phi) is 6.10. The second-order valence-electron chi connectivity index (χ2n) is 4.33. The van der Waals surface area contributed by atoms with Crippen LogP contribution in [0, 0.1) is 0 Å². The maximum absolute atomic E-state index is 10.6. The third kappa shape index (κ3) is 5.03. The van der Waals surface area contributed by atoms with Gasteiger partial charge in [0.1, 0.15) is 5.75 Å². The van der Waals surface area contributed by atoms with Gasteiger partial charge in [-0.3, -0.25) is 5.43 Å². The van der Waals surface area contributed by atoms with Gasteiger partial charge in [-0.25, -0.2) is 4.79 Å². The van der Waals surface area contributed by atoms with E-state index < -0.39 is 12.6 Å². The highest BCUT2D eigenvalue weighted by molar-refractivity contribution is 6.41. The molecule has 0 spiro atoms. The molecule has 0 saturated heterocycles. The number of carboxylic acids is 1. The lowest BCUT2D eigenvalue weighted by molar-refractivity contribution is -0.139. The van der Waals surface area contributed by atoms with Crippen LogP contribution in [0.1, 0.15) is 5.56 Å². The number of nitrogens with one attached hydrogen (secondary N) is 1. The number of carbonyl (C=O) groups is 1. The minimum atomic E-state index is -1.06. The number of ether oxygens (including phenoxy) is 1. The van der Waals surface area contributed by atoms with Gasteiger partial charge < -0.3 is 9.84 Å². The predicted molar refractivity (Wildman–Crippen MR) is 92.3 cm³/mol. The third-order valence-corrected chi connectivity index (χ3v) is 3.47. The van der Waals surface area contributed by atoms with Crippen LogP contribution in [0.25, 0.3) is 0 Å². The SMILES string of the molecule is O=C(O)COc1ccccc1/C=N/Nc1c(Cl)cc(Cl)cc1Cl. The fourth-order valence-corrected chi connectivity index (χ4v) is 2.57. The molecule has 23 heavy (non-hydrogen) atoms. The van der Waals surface area contributed by atoms with Crippen molar-refractivity contribution in [2.75, 3.05) is 12.0 Å². The van der Waals surface area contributed by atoms with Crippen LogP contribution in [0.4, 0.5) is 5.69 Å². The lowest BCUT2D eigenvalue weighted by Gasteiger charge is -2.08. The Labute approximate surface area is 147 Å². The molecule has 2 aromatic carbocycles. The molecule has 0 aromatic heterocycles. The first-order valence-electron chi connectivity index (χ1n) is 6.34. The Balaban J connectivity index is 2.14. The van der Waals surface area contributed by atoms with E-state index in [1.807, 2.05) is 0 Å². The normalized spacial score (nSPS) is 10.7. The molecular weight excluding hydrogens is 363 g/mol. The smallest absolute Gasteiger partial charge is 0.341 e. The Morgan fingerprint density at radius 3 is 2.52 bits per heavy atom. The highest BCUT2D eigenvalue weighted by atomic mass is 35.5. The van der Waals surface area contributed by atoms with Crippen LogP contribution in [0.15, 0.2) is 41.5 Å². The Morgan fingerprint density at radius 2 is 1.87 bits per heavy atom. The van der Waals surface area contributed by atoms with Crippen LogP contribution < -0.4 is 10.2 Å². The summed E-state index contributed by atoms with van der Waals surface area (Å²) in [6.45, 7) is -0.437. The molecule has 2 aromatic rings. The van der Waals surface area contributed by atoms with Crippen molar-refractivity contribution in [3.05, 3.63) is 57.0 Å². The maximum Gasteiger partial charge on any atom is 0.341 e. The number of rotatable bonds is 6. The third-order valence-electron chi connectivity index (χ3n) is 2.66. The van der Waals surface area contributed by atoms with Gasteiger partial charge in [0.25, 0.3) is 0 Å². The number of hydrogen-bond donors (Lipinski definition) is 2. The fraction of sp³-hybridized carbons (Fsp3) is 0.0667. The molecule has 2 N–H and O–H groups in total. The summed E-state index contributed by atoms with van der Waals surface area (Å²) in [5.74, 6) is -0.664. The molecule has 5 nitrogen and oxygen atoms in total. The van der Waals surface area contributed by atoms with E-state index in [1.165, 1.54) is 18.3 Å². The second kappa shape index (κ2) is 8.06. The molecule has 0 saturated carbocycles. The summed E-state index contributed by atoms with van der Waals surface area (Å²) in [6, 6.07) is 9.96. The highest BCUT2D eigenvalue weighted by Gasteiger charge is 2.07. The monoisotopic (exact) mass is 372 g/mol. The van der Waals surface area contributed by atoms with Gasteiger partial charge in [0.2, 0.25) is 0 Å². The van der Waals surface area contributed by atoms with Crippen molar-refractivity contribution in [1.82, 2.24) is 0 Å². The summed E-state index contributed by atoms with van der Waals surface area (Å²) in [5.41, 5.74) is 3.74.